The Balaban J connectivity index is 2.00. The van der Waals surface area contributed by atoms with Crippen LogP contribution in [0.1, 0.15) is 12.0 Å². The highest BCUT2D eigenvalue weighted by atomic mass is 16.5. The minimum atomic E-state index is -1.05. The summed E-state index contributed by atoms with van der Waals surface area (Å²) in [6.45, 7) is 1.42. The van der Waals surface area contributed by atoms with Gasteiger partial charge in [-0.3, -0.25) is 0 Å². The van der Waals surface area contributed by atoms with Crippen molar-refractivity contribution in [2.24, 2.45) is 0 Å². The average Bonchev–Trinajstić information content (AvgIpc) is 2.78. The van der Waals surface area contributed by atoms with Crippen LogP contribution in [0.5, 0.6) is 0 Å². The summed E-state index contributed by atoms with van der Waals surface area (Å²) in [4.78, 5) is 11.2. The van der Waals surface area contributed by atoms with E-state index in [1.54, 1.807) is 0 Å². The zero-order valence-corrected chi connectivity index (χ0v) is 8.98. The van der Waals surface area contributed by atoms with E-state index in [-0.39, 0.29) is 0 Å². The summed E-state index contributed by atoms with van der Waals surface area (Å²) in [6.07, 6.45) is 0.523. The third-order valence-electron chi connectivity index (χ3n) is 2.86. The molecular weight excluding hydrogens is 206 g/mol. The third kappa shape index (κ3) is 2.23. The van der Waals surface area contributed by atoms with E-state index in [0.29, 0.717) is 26.1 Å². The van der Waals surface area contributed by atoms with Crippen LogP contribution in [0, 0.1) is 0 Å². The maximum absolute atomic E-state index is 11.2. The lowest BCUT2D eigenvalue weighted by Gasteiger charge is -2.23. The van der Waals surface area contributed by atoms with Gasteiger partial charge in [0.2, 0.25) is 0 Å². The normalized spacial score (nSPS) is 24.5. The molecule has 1 aliphatic heterocycles. The lowest BCUT2D eigenvalue weighted by molar-refractivity contribution is -0.165. The molecule has 0 aromatic heterocycles. The van der Waals surface area contributed by atoms with Crippen LogP contribution in [0.2, 0.25) is 0 Å². The van der Waals surface area contributed by atoms with Crippen LogP contribution in [-0.2, 0) is 16.1 Å². The molecule has 1 heterocycles. The second kappa shape index (κ2) is 4.63. The lowest BCUT2D eigenvalue weighted by atomic mass is 10.0. The smallest absolute Gasteiger partial charge is 0.337 e. The zero-order valence-electron chi connectivity index (χ0n) is 8.98. The molecule has 0 spiro atoms. The lowest BCUT2D eigenvalue weighted by Crippen LogP contribution is -2.43. The van der Waals surface area contributed by atoms with Gasteiger partial charge in [0.15, 0.2) is 5.60 Å². The van der Waals surface area contributed by atoms with Gasteiger partial charge in [0.25, 0.3) is 0 Å². The molecule has 1 aliphatic rings. The number of ether oxygens (including phenoxy) is 1. The molecule has 2 rings (SSSR count). The molecule has 0 saturated carbocycles. The summed E-state index contributed by atoms with van der Waals surface area (Å²) in [6, 6.07) is 9.61. The number of aliphatic carboxylic acids is 1. The van der Waals surface area contributed by atoms with Crippen molar-refractivity contribution in [3.05, 3.63) is 35.9 Å². The number of benzene rings is 1. The molecule has 16 heavy (non-hydrogen) atoms. The molecule has 1 fully saturated rings. The van der Waals surface area contributed by atoms with Crippen LogP contribution in [-0.4, -0.2) is 29.8 Å². The van der Waals surface area contributed by atoms with Crippen molar-refractivity contribution in [3.8, 4) is 0 Å². The first-order chi connectivity index (χ1) is 7.73. The highest BCUT2D eigenvalue weighted by molar-refractivity contribution is 5.78. The zero-order chi connectivity index (χ0) is 11.4. The van der Waals surface area contributed by atoms with Gasteiger partial charge in [-0.1, -0.05) is 30.3 Å². The number of rotatable bonds is 4. The minimum Gasteiger partial charge on any atom is -0.479 e. The highest BCUT2D eigenvalue weighted by Gasteiger charge is 2.42. The molecule has 4 nitrogen and oxygen atoms in total. The number of carboxylic acid groups (broad SMARTS) is 1. The van der Waals surface area contributed by atoms with Crippen molar-refractivity contribution in [2.45, 2.75) is 18.6 Å². The van der Waals surface area contributed by atoms with Crippen LogP contribution in [0.25, 0.3) is 0 Å². The molecule has 2 N–H and O–H groups in total. The summed E-state index contributed by atoms with van der Waals surface area (Å²) in [5, 5.41) is 12.2. The number of nitrogens with one attached hydrogen (secondary N) is 1. The third-order valence-corrected chi connectivity index (χ3v) is 2.86. The predicted molar refractivity (Wildman–Crippen MR) is 59.1 cm³/mol. The Bertz CT molecular complexity index is 358. The van der Waals surface area contributed by atoms with Gasteiger partial charge >= 0.3 is 5.97 Å². The van der Waals surface area contributed by atoms with E-state index < -0.39 is 11.6 Å². The molecule has 0 aliphatic carbocycles. The van der Waals surface area contributed by atoms with Crippen molar-refractivity contribution in [1.82, 2.24) is 5.32 Å². The van der Waals surface area contributed by atoms with Gasteiger partial charge in [-0.2, -0.15) is 0 Å². The largest absolute Gasteiger partial charge is 0.479 e. The van der Waals surface area contributed by atoms with Crippen molar-refractivity contribution in [1.29, 1.82) is 0 Å². The van der Waals surface area contributed by atoms with E-state index in [0.717, 1.165) is 5.56 Å². The predicted octanol–water partition coefficient (Wildman–Crippen LogP) is 1.02. The Labute approximate surface area is 94.2 Å². The van der Waals surface area contributed by atoms with Crippen LogP contribution in [0.3, 0.4) is 0 Å². The average molecular weight is 221 g/mol. The summed E-state index contributed by atoms with van der Waals surface area (Å²) >= 11 is 0. The summed E-state index contributed by atoms with van der Waals surface area (Å²) in [7, 11) is 0. The Morgan fingerprint density at radius 2 is 2.19 bits per heavy atom. The van der Waals surface area contributed by atoms with Gasteiger partial charge in [0.1, 0.15) is 0 Å². The van der Waals surface area contributed by atoms with Crippen molar-refractivity contribution in [2.75, 3.05) is 13.1 Å². The van der Waals surface area contributed by atoms with E-state index in [1.807, 2.05) is 30.3 Å². The summed E-state index contributed by atoms with van der Waals surface area (Å²) in [5.74, 6) is -0.881. The fraction of sp³-hybridized carbons (Fsp3) is 0.417. The second-order valence-corrected chi connectivity index (χ2v) is 4.00. The van der Waals surface area contributed by atoms with Gasteiger partial charge in [-0.15, -0.1) is 0 Å². The van der Waals surface area contributed by atoms with Crippen molar-refractivity contribution in [3.63, 3.8) is 0 Å². The number of hydrogen-bond donors (Lipinski definition) is 2. The second-order valence-electron chi connectivity index (χ2n) is 4.00. The quantitative estimate of drug-likeness (QED) is 0.797. The van der Waals surface area contributed by atoms with Gasteiger partial charge < -0.3 is 15.2 Å². The van der Waals surface area contributed by atoms with Gasteiger partial charge in [-0.05, 0) is 12.1 Å². The van der Waals surface area contributed by atoms with Gasteiger partial charge in [-0.25, -0.2) is 4.79 Å². The van der Waals surface area contributed by atoms with E-state index in [9.17, 15) is 9.90 Å². The number of hydrogen-bond acceptors (Lipinski definition) is 3. The van der Waals surface area contributed by atoms with E-state index >= 15 is 0 Å². The molecule has 1 saturated heterocycles. The molecule has 4 heteroatoms. The molecule has 0 bridgehead atoms. The molecule has 0 amide bonds. The van der Waals surface area contributed by atoms with Crippen molar-refractivity contribution < 1.29 is 14.6 Å². The SMILES string of the molecule is O=C(O)C1(OCc2ccccc2)CCNC1. The molecule has 86 valence electrons. The Kier molecular flexibility index (Phi) is 3.22. The minimum absolute atomic E-state index is 0.342. The topological polar surface area (TPSA) is 58.6 Å². The Hall–Kier alpha value is -1.39. The van der Waals surface area contributed by atoms with Crippen molar-refractivity contribution >= 4 is 5.97 Å². The Morgan fingerprint density at radius 1 is 1.44 bits per heavy atom. The number of carboxylic acids is 1. The molecule has 1 aromatic rings. The van der Waals surface area contributed by atoms with E-state index in [1.165, 1.54) is 0 Å². The van der Waals surface area contributed by atoms with E-state index in [2.05, 4.69) is 5.32 Å². The van der Waals surface area contributed by atoms with Crippen LogP contribution < -0.4 is 5.32 Å². The maximum Gasteiger partial charge on any atom is 0.337 e. The first-order valence-corrected chi connectivity index (χ1v) is 5.35. The molecule has 0 radical (unpaired) electrons. The first kappa shape index (κ1) is 11.1. The van der Waals surface area contributed by atoms with Crippen LogP contribution >= 0.6 is 0 Å². The standard InChI is InChI=1S/C12H15NO3/c14-11(15)12(6-7-13-9-12)16-8-10-4-2-1-3-5-10/h1-5,13H,6-9H2,(H,14,15). The fourth-order valence-corrected chi connectivity index (χ4v) is 1.83. The first-order valence-electron chi connectivity index (χ1n) is 5.35. The molecular formula is C12H15NO3. The molecule has 1 aromatic carbocycles. The fourth-order valence-electron chi connectivity index (χ4n) is 1.83. The summed E-state index contributed by atoms with van der Waals surface area (Å²) < 4.78 is 5.58. The van der Waals surface area contributed by atoms with Gasteiger partial charge in [0, 0.05) is 13.0 Å². The maximum atomic E-state index is 11.2. The van der Waals surface area contributed by atoms with Crippen LogP contribution in [0.4, 0.5) is 0 Å². The number of carbonyl (C=O) groups is 1. The molecule has 1 atom stereocenters. The summed E-state index contributed by atoms with van der Waals surface area (Å²) in [5.41, 5.74) is -0.0504. The Morgan fingerprint density at radius 3 is 2.75 bits per heavy atom. The van der Waals surface area contributed by atoms with Gasteiger partial charge in [0.05, 0.1) is 6.61 Å². The highest BCUT2D eigenvalue weighted by Crippen LogP contribution is 2.21. The monoisotopic (exact) mass is 221 g/mol. The van der Waals surface area contributed by atoms with E-state index in [4.69, 9.17) is 4.74 Å². The molecule has 1 unspecified atom stereocenters. The van der Waals surface area contributed by atoms with Crippen LogP contribution in [0.15, 0.2) is 30.3 Å².